The van der Waals surface area contributed by atoms with Gasteiger partial charge in [-0.3, -0.25) is 4.79 Å². The van der Waals surface area contributed by atoms with Crippen LogP contribution < -0.4 is 5.32 Å². The number of anilines is 1. The average Bonchev–Trinajstić information content (AvgIpc) is 2.38. The van der Waals surface area contributed by atoms with Crippen molar-refractivity contribution in [3.63, 3.8) is 0 Å². The molecule has 0 aromatic heterocycles. The van der Waals surface area contributed by atoms with Crippen LogP contribution in [0.15, 0.2) is 24.3 Å². The van der Waals surface area contributed by atoms with Crippen LogP contribution in [0.1, 0.15) is 26.3 Å². The van der Waals surface area contributed by atoms with Crippen LogP contribution in [0.2, 0.25) is 0 Å². The Morgan fingerprint density at radius 1 is 1.40 bits per heavy atom. The first-order chi connectivity index (χ1) is 9.43. The van der Waals surface area contributed by atoms with Crippen molar-refractivity contribution in [2.24, 2.45) is 5.92 Å². The molecular weight excluding hydrogens is 252 g/mol. The Bertz CT molecular complexity index is 432. The van der Waals surface area contributed by atoms with Crippen molar-refractivity contribution >= 4 is 11.6 Å². The molecule has 0 aliphatic carbocycles. The standard InChI is InChI=1S/C16H26N2O2/c1-12(2)16(11-20-5)17-15-8-6-7-14(9-15)10-18(4)13(3)19/h6-9,12,16-17H,10-11H2,1-5H3. The maximum absolute atomic E-state index is 11.3. The van der Waals surface area contributed by atoms with Crippen LogP contribution >= 0.6 is 0 Å². The zero-order valence-electron chi connectivity index (χ0n) is 13.1. The van der Waals surface area contributed by atoms with Gasteiger partial charge in [0.25, 0.3) is 0 Å². The van der Waals surface area contributed by atoms with Gasteiger partial charge in [-0.05, 0) is 23.6 Å². The van der Waals surface area contributed by atoms with E-state index >= 15 is 0 Å². The second-order valence-corrected chi connectivity index (χ2v) is 5.53. The number of nitrogens with zero attached hydrogens (tertiary/aromatic N) is 1. The zero-order chi connectivity index (χ0) is 15.1. The third-order valence-electron chi connectivity index (χ3n) is 3.39. The molecule has 1 rings (SSSR count). The Hall–Kier alpha value is -1.55. The van der Waals surface area contributed by atoms with E-state index in [1.807, 2.05) is 25.2 Å². The number of carbonyl (C=O) groups excluding carboxylic acids is 1. The largest absolute Gasteiger partial charge is 0.383 e. The number of ether oxygens (including phenoxy) is 1. The number of hydrogen-bond acceptors (Lipinski definition) is 3. The molecule has 0 bridgehead atoms. The fourth-order valence-electron chi connectivity index (χ4n) is 1.94. The number of rotatable bonds is 7. The van der Waals surface area contributed by atoms with Crippen LogP contribution in [0.5, 0.6) is 0 Å². The quantitative estimate of drug-likeness (QED) is 0.834. The van der Waals surface area contributed by atoms with Crippen LogP contribution in [0.4, 0.5) is 5.69 Å². The molecule has 0 aliphatic rings. The highest BCUT2D eigenvalue weighted by Crippen LogP contribution is 2.16. The molecule has 0 saturated carbocycles. The van der Waals surface area contributed by atoms with E-state index in [1.54, 1.807) is 18.9 Å². The third kappa shape index (κ3) is 5.21. The van der Waals surface area contributed by atoms with Crippen LogP contribution in [0.3, 0.4) is 0 Å². The summed E-state index contributed by atoms with van der Waals surface area (Å²) in [6.07, 6.45) is 0. The van der Waals surface area contributed by atoms with E-state index in [9.17, 15) is 4.79 Å². The highest BCUT2D eigenvalue weighted by molar-refractivity contribution is 5.72. The fourth-order valence-corrected chi connectivity index (χ4v) is 1.94. The zero-order valence-corrected chi connectivity index (χ0v) is 13.1. The highest BCUT2D eigenvalue weighted by atomic mass is 16.5. The minimum atomic E-state index is 0.0720. The fraction of sp³-hybridized carbons (Fsp3) is 0.562. The van der Waals surface area contributed by atoms with Crippen LogP contribution in [0.25, 0.3) is 0 Å². The van der Waals surface area contributed by atoms with Gasteiger partial charge >= 0.3 is 0 Å². The van der Waals surface area contributed by atoms with Crippen molar-refractivity contribution in [3.05, 3.63) is 29.8 Å². The minimum Gasteiger partial charge on any atom is -0.383 e. The molecule has 1 aromatic carbocycles. The lowest BCUT2D eigenvalue weighted by atomic mass is 10.0. The van der Waals surface area contributed by atoms with Gasteiger partial charge in [0.2, 0.25) is 5.91 Å². The summed E-state index contributed by atoms with van der Waals surface area (Å²) in [7, 11) is 3.53. The van der Waals surface area contributed by atoms with Gasteiger partial charge in [-0.25, -0.2) is 0 Å². The number of nitrogens with one attached hydrogen (secondary N) is 1. The van der Waals surface area contributed by atoms with Gasteiger partial charge in [-0.2, -0.15) is 0 Å². The first-order valence-electron chi connectivity index (χ1n) is 7.00. The molecule has 112 valence electrons. The lowest BCUT2D eigenvalue weighted by Gasteiger charge is -2.23. The Kier molecular flexibility index (Phi) is 6.52. The predicted molar refractivity (Wildman–Crippen MR) is 82.7 cm³/mol. The molecular formula is C16H26N2O2. The van der Waals surface area contributed by atoms with Gasteiger partial charge < -0.3 is 15.0 Å². The number of amides is 1. The van der Waals surface area contributed by atoms with Crippen LogP contribution in [0, 0.1) is 5.92 Å². The maximum Gasteiger partial charge on any atom is 0.219 e. The maximum atomic E-state index is 11.3. The Labute approximate surface area is 122 Å². The summed E-state index contributed by atoms with van der Waals surface area (Å²) in [6, 6.07) is 8.45. The van der Waals surface area contributed by atoms with Crippen molar-refractivity contribution in [2.45, 2.75) is 33.4 Å². The lowest BCUT2D eigenvalue weighted by Crippen LogP contribution is -2.30. The van der Waals surface area contributed by atoms with Crippen molar-refractivity contribution in [1.82, 2.24) is 4.90 Å². The number of methoxy groups -OCH3 is 1. The number of benzene rings is 1. The Morgan fingerprint density at radius 2 is 2.10 bits per heavy atom. The molecule has 1 aromatic rings. The molecule has 0 spiro atoms. The molecule has 0 fully saturated rings. The monoisotopic (exact) mass is 278 g/mol. The molecule has 4 nitrogen and oxygen atoms in total. The first kappa shape index (κ1) is 16.5. The summed E-state index contributed by atoms with van der Waals surface area (Å²) in [4.78, 5) is 13.0. The summed E-state index contributed by atoms with van der Waals surface area (Å²) in [5, 5.41) is 3.49. The van der Waals surface area contributed by atoms with Gasteiger partial charge in [-0.1, -0.05) is 26.0 Å². The smallest absolute Gasteiger partial charge is 0.219 e. The van der Waals surface area contributed by atoms with E-state index in [1.165, 1.54) is 0 Å². The summed E-state index contributed by atoms with van der Waals surface area (Å²) in [5.41, 5.74) is 2.18. The summed E-state index contributed by atoms with van der Waals surface area (Å²) in [5.74, 6) is 0.557. The van der Waals surface area contributed by atoms with Gasteiger partial charge in [-0.15, -0.1) is 0 Å². The van der Waals surface area contributed by atoms with Gasteiger partial charge in [0, 0.05) is 33.3 Å². The SMILES string of the molecule is COCC(Nc1cccc(CN(C)C(C)=O)c1)C(C)C. The lowest BCUT2D eigenvalue weighted by molar-refractivity contribution is -0.128. The number of hydrogen-bond donors (Lipinski definition) is 1. The molecule has 0 heterocycles. The first-order valence-corrected chi connectivity index (χ1v) is 7.00. The van der Waals surface area contributed by atoms with E-state index in [2.05, 4.69) is 25.2 Å². The van der Waals surface area contributed by atoms with E-state index < -0.39 is 0 Å². The van der Waals surface area contributed by atoms with Gasteiger partial charge in [0.15, 0.2) is 0 Å². The Morgan fingerprint density at radius 3 is 2.65 bits per heavy atom. The molecule has 4 heteroatoms. The predicted octanol–water partition coefficient (Wildman–Crippen LogP) is 2.75. The second-order valence-electron chi connectivity index (χ2n) is 5.53. The molecule has 0 radical (unpaired) electrons. The molecule has 1 atom stereocenters. The number of carbonyl (C=O) groups is 1. The average molecular weight is 278 g/mol. The summed E-state index contributed by atoms with van der Waals surface area (Å²) >= 11 is 0. The van der Waals surface area contributed by atoms with Crippen molar-refractivity contribution in [1.29, 1.82) is 0 Å². The van der Waals surface area contributed by atoms with E-state index in [0.29, 0.717) is 19.1 Å². The van der Waals surface area contributed by atoms with Crippen LogP contribution in [-0.4, -0.2) is 37.6 Å². The van der Waals surface area contributed by atoms with Crippen molar-refractivity contribution in [2.75, 3.05) is 26.1 Å². The molecule has 1 amide bonds. The van der Waals surface area contributed by atoms with E-state index in [-0.39, 0.29) is 11.9 Å². The Balaban J connectivity index is 2.74. The molecule has 1 unspecified atom stereocenters. The molecule has 0 aliphatic heterocycles. The summed E-state index contributed by atoms with van der Waals surface area (Å²) < 4.78 is 5.25. The molecule has 0 saturated heterocycles. The third-order valence-corrected chi connectivity index (χ3v) is 3.39. The molecule has 20 heavy (non-hydrogen) atoms. The topological polar surface area (TPSA) is 41.6 Å². The molecule has 1 N–H and O–H groups in total. The second kappa shape index (κ2) is 7.90. The highest BCUT2D eigenvalue weighted by Gasteiger charge is 2.13. The van der Waals surface area contributed by atoms with Gasteiger partial charge in [0.05, 0.1) is 12.6 Å². The van der Waals surface area contributed by atoms with Gasteiger partial charge in [0.1, 0.15) is 0 Å². The van der Waals surface area contributed by atoms with Crippen molar-refractivity contribution in [3.8, 4) is 0 Å². The minimum absolute atomic E-state index is 0.0720. The van der Waals surface area contributed by atoms with E-state index in [4.69, 9.17) is 4.74 Å². The summed E-state index contributed by atoms with van der Waals surface area (Å²) in [6.45, 7) is 7.22. The van der Waals surface area contributed by atoms with Crippen molar-refractivity contribution < 1.29 is 9.53 Å². The van der Waals surface area contributed by atoms with Crippen LogP contribution in [-0.2, 0) is 16.1 Å². The van der Waals surface area contributed by atoms with E-state index in [0.717, 1.165) is 11.3 Å². The normalized spacial score (nSPS) is 12.3.